The quantitative estimate of drug-likeness (QED) is 0.740. The van der Waals surface area contributed by atoms with Gasteiger partial charge in [-0.2, -0.15) is 0 Å². The molecule has 0 N–H and O–H groups in total. The fourth-order valence-corrected chi connectivity index (χ4v) is 3.53. The van der Waals surface area contributed by atoms with E-state index in [2.05, 4.69) is 42.4 Å². The molecule has 3 nitrogen and oxygen atoms in total. The summed E-state index contributed by atoms with van der Waals surface area (Å²) < 4.78 is 0. The van der Waals surface area contributed by atoms with E-state index in [1.54, 1.807) is 0 Å². The van der Waals surface area contributed by atoms with Gasteiger partial charge in [0.25, 0.3) is 0 Å². The highest BCUT2D eigenvalue weighted by molar-refractivity contribution is 4.81. The van der Waals surface area contributed by atoms with Crippen molar-refractivity contribution in [1.29, 1.82) is 0 Å². The molecule has 0 unspecified atom stereocenters. The van der Waals surface area contributed by atoms with E-state index in [0.29, 0.717) is 0 Å². The van der Waals surface area contributed by atoms with E-state index >= 15 is 0 Å². The summed E-state index contributed by atoms with van der Waals surface area (Å²) in [5, 5.41) is 0. The molecule has 2 heterocycles. The number of likely N-dealkylation sites (tertiary alicyclic amines) is 1. The fourth-order valence-electron chi connectivity index (χ4n) is 3.53. The van der Waals surface area contributed by atoms with Crippen LogP contribution in [0.15, 0.2) is 0 Å². The van der Waals surface area contributed by atoms with Crippen LogP contribution in [0.5, 0.6) is 0 Å². The van der Waals surface area contributed by atoms with Crippen LogP contribution in [0.1, 0.15) is 40.5 Å². The molecular weight excluding hydrogens is 246 g/mol. The van der Waals surface area contributed by atoms with E-state index in [1.807, 2.05) is 0 Å². The van der Waals surface area contributed by atoms with Crippen molar-refractivity contribution < 1.29 is 0 Å². The summed E-state index contributed by atoms with van der Waals surface area (Å²) in [5.74, 6) is 1.77. The van der Waals surface area contributed by atoms with E-state index in [4.69, 9.17) is 0 Å². The summed E-state index contributed by atoms with van der Waals surface area (Å²) >= 11 is 0. The normalized spacial score (nSPS) is 27.0. The highest BCUT2D eigenvalue weighted by atomic mass is 15.3. The second-order valence-electron chi connectivity index (χ2n) is 7.57. The Labute approximate surface area is 126 Å². The molecular formula is C17H35N3. The average molecular weight is 281 g/mol. The minimum absolute atomic E-state index is 0.718. The van der Waals surface area contributed by atoms with Gasteiger partial charge >= 0.3 is 0 Å². The van der Waals surface area contributed by atoms with Gasteiger partial charge in [0.15, 0.2) is 0 Å². The molecule has 118 valence electrons. The molecule has 2 aliphatic rings. The SMILES string of the molecule is CC(C)CCN1CC[C@@H](CN2CCN(C(C)C)CC2)C1. The molecule has 0 aromatic rings. The standard InChI is InChI=1S/C17H35N3/c1-15(2)5-7-18-8-6-17(13-18)14-19-9-11-20(12-10-19)16(3)4/h15-17H,5-14H2,1-4H3/t17-/m1/s1. The van der Waals surface area contributed by atoms with Crippen LogP contribution in [-0.4, -0.2) is 73.1 Å². The maximum atomic E-state index is 2.70. The third-order valence-corrected chi connectivity index (χ3v) is 5.05. The Morgan fingerprint density at radius 3 is 2.20 bits per heavy atom. The lowest BCUT2D eigenvalue weighted by Crippen LogP contribution is -2.50. The Morgan fingerprint density at radius 1 is 0.900 bits per heavy atom. The van der Waals surface area contributed by atoms with Crippen molar-refractivity contribution in [2.24, 2.45) is 11.8 Å². The van der Waals surface area contributed by atoms with Crippen molar-refractivity contribution in [1.82, 2.24) is 14.7 Å². The van der Waals surface area contributed by atoms with Gasteiger partial charge in [-0.1, -0.05) is 13.8 Å². The Kier molecular flexibility index (Phi) is 6.31. The van der Waals surface area contributed by atoms with Crippen LogP contribution in [-0.2, 0) is 0 Å². The number of piperazine rings is 1. The number of nitrogens with zero attached hydrogens (tertiary/aromatic N) is 3. The van der Waals surface area contributed by atoms with Crippen molar-refractivity contribution in [3.63, 3.8) is 0 Å². The van der Waals surface area contributed by atoms with Crippen LogP contribution in [0.25, 0.3) is 0 Å². The summed E-state index contributed by atoms with van der Waals surface area (Å²) in [6, 6.07) is 0.718. The van der Waals surface area contributed by atoms with Gasteiger partial charge in [0.2, 0.25) is 0 Å². The Morgan fingerprint density at radius 2 is 1.60 bits per heavy atom. The predicted molar refractivity (Wildman–Crippen MR) is 87.2 cm³/mol. The summed E-state index contributed by atoms with van der Waals surface area (Å²) in [6.07, 6.45) is 2.78. The van der Waals surface area contributed by atoms with E-state index in [9.17, 15) is 0 Å². The van der Waals surface area contributed by atoms with Gasteiger partial charge in [-0.15, -0.1) is 0 Å². The molecule has 1 atom stereocenters. The molecule has 0 radical (unpaired) electrons. The van der Waals surface area contributed by atoms with Gasteiger partial charge in [0, 0.05) is 45.3 Å². The summed E-state index contributed by atoms with van der Waals surface area (Å²) in [4.78, 5) is 8.00. The van der Waals surface area contributed by atoms with E-state index in [0.717, 1.165) is 17.9 Å². The molecule has 2 aliphatic heterocycles. The molecule has 20 heavy (non-hydrogen) atoms. The van der Waals surface area contributed by atoms with Crippen molar-refractivity contribution in [3.8, 4) is 0 Å². The topological polar surface area (TPSA) is 9.72 Å². The highest BCUT2D eigenvalue weighted by Gasteiger charge is 2.26. The van der Waals surface area contributed by atoms with Crippen molar-refractivity contribution in [2.75, 3.05) is 52.4 Å². The van der Waals surface area contributed by atoms with Gasteiger partial charge in [0.1, 0.15) is 0 Å². The molecule has 0 spiro atoms. The monoisotopic (exact) mass is 281 g/mol. The Hall–Kier alpha value is -0.120. The molecule has 0 aromatic carbocycles. The Balaban J connectivity index is 1.63. The molecule has 0 aromatic heterocycles. The molecule has 2 saturated heterocycles. The molecule has 0 bridgehead atoms. The largest absolute Gasteiger partial charge is 0.303 e. The molecule has 2 rings (SSSR count). The zero-order chi connectivity index (χ0) is 14.5. The van der Waals surface area contributed by atoms with Crippen LogP contribution in [0, 0.1) is 11.8 Å². The number of rotatable bonds is 6. The first-order valence-electron chi connectivity index (χ1n) is 8.73. The van der Waals surface area contributed by atoms with Crippen LogP contribution in [0.4, 0.5) is 0 Å². The van der Waals surface area contributed by atoms with Gasteiger partial charge in [-0.05, 0) is 51.6 Å². The second kappa shape index (κ2) is 7.77. The lowest BCUT2D eigenvalue weighted by molar-refractivity contribution is 0.0972. The summed E-state index contributed by atoms with van der Waals surface area (Å²) in [5.41, 5.74) is 0. The fraction of sp³-hybridized carbons (Fsp3) is 1.00. The van der Waals surface area contributed by atoms with E-state index < -0.39 is 0 Å². The third-order valence-electron chi connectivity index (χ3n) is 5.05. The van der Waals surface area contributed by atoms with Crippen LogP contribution < -0.4 is 0 Å². The predicted octanol–water partition coefficient (Wildman–Crippen LogP) is 2.38. The zero-order valence-corrected chi connectivity index (χ0v) is 14.1. The number of hydrogen-bond donors (Lipinski definition) is 0. The van der Waals surface area contributed by atoms with E-state index in [-0.39, 0.29) is 0 Å². The van der Waals surface area contributed by atoms with Gasteiger partial charge in [0.05, 0.1) is 0 Å². The van der Waals surface area contributed by atoms with Crippen molar-refractivity contribution in [3.05, 3.63) is 0 Å². The van der Waals surface area contributed by atoms with E-state index in [1.165, 1.54) is 65.2 Å². The molecule has 0 saturated carbocycles. The Bertz CT molecular complexity index is 269. The van der Waals surface area contributed by atoms with Gasteiger partial charge in [-0.25, -0.2) is 0 Å². The van der Waals surface area contributed by atoms with Crippen LogP contribution >= 0.6 is 0 Å². The van der Waals surface area contributed by atoms with Crippen molar-refractivity contribution >= 4 is 0 Å². The van der Waals surface area contributed by atoms with Crippen molar-refractivity contribution in [2.45, 2.75) is 46.6 Å². The first-order chi connectivity index (χ1) is 9.54. The van der Waals surface area contributed by atoms with Gasteiger partial charge in [-0.3, -0.25) is 4.90 Å². The molecule has 2 fully saturated rings. The lowest BCUT2D eigenvalue weighted by atomic mass is 10.1. The summed E-state index contributed by atoms with van der Waals surface area (Å²) in [6.45, 7) is 19.7. The first kappa shape index (κ1) is 16.3. The minimum Gasteiger partial charge on any atom is -0.303 e. The van der Waals surface area contributed by atoms with Gasteiger partial charge < -0.3 is 9.80 Å². The lowest BCUT2D eigenvalue weighted by Gasteiger charge is -2.37. The maximum absolute atomic E-state index is 2.70. The zero-order valence-electron chi connectivity index (χ0n) is 14.1. The van der Waals surface area contributed by atoms with Crippen LogP contribution in [0.3, 0.4) is 0 Å². The minimum atomic E-state index is 0.718. The first-order valence-corrected chi connectivity index (χ1v) is 8.73. The highest BCUT2D eigenvalue weighted by Crippen LogP contribution is 2.19. The molecule has 0 aliphatic carbocycles. The average Bonchev–Trinajstić information content (AvgIpc) is 2.84. The third kappa shape index (κ3) is 5.01. The summed E-state index contributed by atoms with van der Waals surface area (Å²) in [7, 11) is 0. The number of hydrogen-bond acceptors (Lipinski definition) is 3. The maximum Gasteiger partial charge on any atom is 0.0113 e. The smallest absolute Gasteiger partial charge is 0.0113 e. The molecule has 3 heteroatoms. The van der Waals surface area contributed by atoms with Crippen LogP contribution in [0.2, 0.25) is 0 Å². The second-order valence-corrected chi connectivity index (χ2v) is 7.57. The molecule has 0 amide bonds.